The van der Waals surface area contributed by atoms with Crippen molar-refractivity contribution in [1.82, 2.24) is 5.32 Å². The highest BCUT2D eigenvalue weighted by Crippen LogP contribution is 2.44. The van der Waals surface area contributed by atoms with Crippen molar-refractivity contribution in [2.24, 2.45) is 0 Å². The van der Waals surface area contributed by atoms with Crippen LogP contribution in [0.4, 0.5) is 14.5 Å². The van der Waals surface area contributed by atoms with E-state index in [9.17, 15) is 28.5 Å². The first-order chi connectivity index (χ1) is 13.6. The minimum Gasteiger partial charge on any atom is -0.466 e. The fourth-order valence-corrected chi connectivity index (χ4v) is 3.14. The van der Waals surface area contributed by atoms with Gasteiger partial charge in [0.15, 0.2) is 0 Å². The zero-order valence-electron chi connectivity index (χ0n) is 15.9. The Kier molecular flexibility index (Phi) is 6.52. The number of benzene rings is 1. The number of esters is 2. The topological polar surface area (TPSA) is 117 Å². The molecule has 0 fully saturated rings. The molecule has 1 aliphatic rings. The van der Waals surface area contributed by atoms with Crippen molar-refractivity contribution in [2.45, 2.75) is 26.4 Å². The third kappa shape index (κ3) is 4.33. The second-order valence-electron chi connectivity index (χ2n) is 5.98. The van der Waals surface area contributed by atoms with E-state index in [1.54, 1.807) is 0 Å². The third-order valence-corrected chi connectivity index (χ3v) is 4.30. The Hall–Kier alpha value is -3.50. The normalized spacial score (nSPS) is 14.6. The summed E-state index contributed by atoms with van der Waals surface area (Å²) in [5, 5.41) is 14.1. The highest BCUT2D eigenvalue weighted by atomic mass is 19.3. The molecule has 0 saturated heterocycles. The van der Waals surface area contributed by atoms with Crippen molar-refractivity contribution in [1.29, 1.82) is 0 Å². The Morgan fingerprint density at radius 1 is 1.10 bits per heavy atom. The molecule has 1 aromatic carbocycles. The van der Waals surface area contributed by atoms with Gasteiger partial charge in [-0.05, 0) is 19.9 Å². The Bertz CT molecular complexity index is 887. The van der Waals surface area contributed by atoms with E-state index in [1.807, 2.05) is 0 Å². The van der Waals surface area contributed by atoms with E-state index in [4.69, 9.17) is 9.47 Å². The molecule has 1 N–H and O–H groups in total. The molecule has 29 heavy (non-hydrogen) atoms. The molecular formula is C18H18F2N2O7. The van der Waals surface area contributed by atoms with Crippen LogP contribution in [0.25, 0.3) is 0 Å². The highest BCUT2D eigenvalue weighted by Gasteiger charge is 2.40. The summed E-state index contributed by atoms with van der Waals surface area (Å²) in [6, 6.07) is 2.93. The molecule has 0 unspecified atom stereocenters. The lowest BCUT2D eigenvalue weighted by Gasteiger charge is -2.30. The van der Waals surface area contributed by atoms with Gasteiger partial charge in [0.1, 0.15) is 5.75 Å². The number of carbonyl (C=O) groups excluding carboxylic acids is 2. The predicted octanol–water partition coefficient (Wildman–Crippen LogP) is 2.78. The van der Waals surface area contributed by atoms with Crippen LogP contribution >= 0.6 is 0 Å². The Morgan fingerprint density at radius 3 is 2.03 bits per heavy atom. The molecule has 2 rings (SSSR count). The van der Waals surface area contributed by atoms with Crippen LogP contribution in [0.1, 0.15) is 25.3 Å². The van der Waals surface area contributed by atoms with Gasteiger partial charge in [0, 0.05) is 29.1 Å². The van der Waals surface area contributed by atoms with Gasteiger partial charge in [-0.3, -0.25) is 10.1 Å². The van der Waals surface area contributed by atoms with E-state index in [0.29, 0.717) is 0 Å². The first-order valence-corrected chi connectivity index (χ1v) is 8.20. The molecule has 11 heteroatoms. The summed E-state index contributed by atoms with van der Waals surface area (Å²) in [6.45, 7) is -0.209. The molecular weight excluding hydrogens is 394 g/mol. The summed E-state index contributed by atoms with van der Waals surface area (Å²) in [6.07, 6.45) is 0. The van der Waals surface area contributed by atoms with Gasteiger partial charge in [-0.1, -0.05) is 0 Å². The molecule has 1 heterocycles. The molecule has 0 saturated carbocycles. The van der Waals surface area contributed by atoms with E-state index in [-0.39, 0.29) is 28.1 Å². The molecule has 0 aliphatic carbocycles. The van der Waals surface area contributed by atoms with Crippen LogP contribution in [-0.4, -0.2) is 37.7 Å². The molecule has 0 amide bonds. The molecule has 1 aromatic rings. The number of methoxy groups -OCH3 is 2. The number of ether oxygens (including phenoxy) is 3. The summed E-state index contributed by atoms with van der Waals surface area (Å²) in [7, 11) is 2.21. The monoisotopic (exact) mass is 412 g/mol. The predicted molar refractivity (Wildman–Crippen MR) is 95.0 cm³/mol. The van der Waals surface area contributed by atoms with Gasteiger partial charge < -0.3 is 19.5 Å². The van der Waals surface area contributed by atoms with Crippen LogP contribution < -0.4 is 10.1 Å². The quantitative estimate of drug-likeness (QED) is 0.431. The van der Waals surface area contributed by atoms with Crippen LogP contribution in [0.2, 0.25) is 0 Å². The number of carbonyl (C=O) groups is 2. The van der Waals surface area contributed by atoms with Gasteiger partial charge in [0.2, 0.25) is 0 Å². The Morgan fingerprint density at radius 2 is 1.62 bits per heavy atom. The molecule has 1 aliphatic heterocycles. The molecule has 0 spiro atoms. The van der Waals surface area contributed by atoms with Crippen LogP contribution in [0.5, 0.6) is 5.75 Å². The van der Waals surface area contributed by atoms with E-state index in [1.165, 1.54) is 13.8 Å². The van der Waals surface area contributed by atoms with Gasteiger partial charge in [0.25, 0.3) is 5.69 Å². The van der Waals surface area contributed by atoms with Crippen molar-refractivity contribution in [3.8, 4) is 5.75 Å². The lowest BCUT2D eigenvalue weighted by molar-refractivity contribution is -0.385. The number of dihydropyridines is 1. The maximum Gasteiger partial charge on any atom is 0.387 e. The van der Waals surface area contributed by atoms with Crippen molar-refractivity contribution < 1.29 is 37.5 Å². The summed E-state index contributed by atoms with van der Waals surface area (Å²) in [5.41, 5.74) is -0.261. The number of allylic oxidation sites excluding steroid dienone is 2. The summed E-state index contributed by atoms with van der Waals surface area (Å²) < 4.78 is 39.9. The fourth-order valence-electron chi connectivity index (χ4n) is 3.14. The highest BCUT2D eigenvalue weighted by molar-refractivity contribution is 6.00. The van der Waals surface area contributed by atoms with Crippen LogP contribution in [-0.2, 0) is 19.1 Å². The number of rotatable bonds is 6. The van der Waals surface area contributed by atoms with E-state index in [0.717, 1.165) is 32.4 Å². The molecule has 0 radical (unpaired) electrons. The Labute approximate surface area is 164 Å². The van der Waals surface area contributed by atoms with Crippen LogP contribution in [0.3, 0.4) is 0 Å². The number of nitro benzene ring substituents is 1. The van der Waals surface area contributed by atoms with Crippen molar-refractivity contribution >= 4 is 17.6 Å². The first kappa shape index (κ1) is 21.8. The molecule has 156 valence electrons. The summed E-state index contributed by atoms with van der Waals surface area (Å²) in [4.78, 5) is 35.4. The summed E-state index contributed by atoms with van der Waals surface area (Å²) in [5.74, 6) is -3.45. The average molecular weight is 412 g/mol. The molecule has 9 nitrogen and oxygen atoms in total. The third-order valence-electron chi connectivity index (χ3n) is 4.30. The molecule has 0 bridgehead atoms. The zero-order chi connectivity index (χ0) is 21.9. The zero-order valence-corrected chi connectivity index (χ0v) is 15.9. The fraction of sp³-hybridized carbons (Fsp3) is 0.333. The number of halogens is 2. The largest absolute Gasteiger partial charge is 0.466 e. The van der Waals surface area contributed by atoms with Crippen molar-refractivity contribution in [3.05, 3.63) is 56.4 Å². The smallest absolute Gasteiger partial charge is 0.387 e. The van der Waals surface area contributed by atoms with E-state index in [2.05, 4.69) is 10.1 Å². The second-order valence-corrected chi connectivity index (χ2v) is 5.98. The van der Waals surface area contributed by atoms with Crippen LogP contribution in [0.15, 0.2) is 40.7 Å². The second kappa shape index (κ2) is 8.67. The molecule has 0 atom stereocenters. The summed E-state index contributed by atoms with van der Waals surface area (Å²) >= 11 is 0. The average Bonchev–Trinajstić information content (AvgIpc) is 2.66. The minimum absolute atomic E-state index is 0.0990. The van der Waals surface area contributed by atoms with Crippen molar-refractivity contribution in [3.63, 3.8) is 0 Å². The number of nitrogens with zero attached hydrogens (tertiary/aromatic N) is 1. The lowest BCUT2D eigenvalue weighted by Crippen LogP contribution is -2.32. The van der Waals surface area contributed by atoms with Gasteiger partial charge in [-0.2, -0.15) is 8.78 Å². The lowest BCUT2D eigenvalue weighted by atomic mass is 9.80. The van der Waals surface area contributed by atoms with Gasteiger partial charge >= 0.3 is 18.6 Å². The number of nitro groups is 1. The van der Waals surface area contributed by atoms with E-state index >= 15 is 0 Å². The maximum absolute atomic E-state index is 12.9. The number of non-ortho nitro benzene ring substituents is 1. The number of alkyl halides is 2. The number of nitrogens with one attached hydrogen (secondary N) is 1. The van der Waals surface area contributed by atoms with Gasteiger partial charge in [-0.25, -0.2) is 9.59 Å². The number of hydrogen-bond acceptors (Lipinski definition) is 8. The van der Waals surface area contributed by atoms with Gasteiger partial charge in [0.05, 0.1) is 36.2 Å². The van der Waals surface area contributed by atoms with Crippen LogP contribution in [0, 0.1) is 10.1 Å². The Balaban J connectivity index is 2.86. The number of hydrogen-bond donors (Lipinski definition) is 1. The SMILES string of the molecule is COC(=O)C1=C(C)NC(C)=C(C(=O)OC)C1c1cc([N+](=O)[O-])ccc1OC(F)F. The maximum atomic E-state index is 12.9. The first-order valence-electron chi connectivity index (χ1n) is 8.20. The molecule has 0 aromatic heterocycles. The minimum atomic E-state index is -3.24. The van der Waals surface area contributed by atoms with Crippen molar-refractivity contribution in [2.75, 3.05) is 14.2 Å². The standard InChI is InChI=1S/C18H18F2N2O7/c1-8-13(16(23)27-3)15(14(9(2)21-8)17(24)28-4)11-7-10(22(25)26)5-6-12(11)29-18(19)20/h5-7,15,18,21H,1-4H3. The van der Waals surface area contributed by atoms with E-state index < -0.39 is 40.8 Å². The van der Waals surface area contributed by atoms with Gasteiger partial charge in [-0.15, -0.1) is 0 Å².